The van der Waals surface area contributed by atoms with Gasteiger partial charge in [0.1, 0.15) is 12.4 Å². The molecule has 3 atom stereocenters. The van der Waals surface area contributed by atoms with Gasteiger partial charge in [0.15, 0.2) is 0 Å². The molecule has 1 aromatic rings. The van der Waals surface area contributed by atoms with E-state index in [0.717, 1.165) is 50.1 Å². The maximum atomic E-state index is 12.4. The second-order valence-electron chi connectivity index (χ2n) is 6.51. The van der Waals surface area contributed by atoms with Crippen molar-refractivity contribution in [3.05, 3.63) is 24.3 Å². The van der Waals surface area contributed by atoms with E-state index in [1.54, 1.807) is 0 Å². The number of hydrogen-bond acceptors (Lipinski definition) is 4. The zero-order valence-corrected chi connectivity index (χ0v) is 13.7. The van der Waals surface area contributed by atoms with Crippen LogP contribution in [0.15, 0.2) is 24.3 Å². The predicted octanol–water partition coefficient (Wildman–Crippen LogP) is 2.71. The lowest BCUT2D eigenvalue weighted by Crippen LogP contribution is -2.47. The van der Waals surface area contributed by atoms with Crippen LogP contribution in [0.4, 0.5) is 5.69 Å². The van der Waals surface area contributed by atoms with Crippen LogP contribution in [0.25, 0.3) is 0 Å². The Hall–Kier alpha value is -1.59. The number of benzene rings is 1. The van der Waals surface area contributed by atoms with Crippen molar-refractivity contribution in [3.63, 3.8) is 0 Å². The maximum absolute atomic E-state index is 12.4. The standard InChI is InChI=1S/C18H26N2O3/c1-13-5-2-9-17(19-13)18(21)20-14-6-3-7-15(11-14)23-12-16-8-4-10-22-16/h3,6-7,11,13,16-17,19H,2,4-5,8-10,12H2,1H3,(H,20,21). The minimum absolute atomic E-state index is 0.0350. The Morgan fingerprint density at radius 2 is 2.26 bits per heavy atom. The van der Waals surface area contributed by atoms with Crippen LogP contribution in [-0.4, -0.2) is 37.3 Å². The SMILES string of the molecule is CC1CCCC(C(=O)Nc2cccc(OCC3CCCO3)c2)N1. The summed E-state index contributed by atoms with van der Waals surface area (Å²) in [5, 5.41) is 6.34. The van der Waals surface area contributed by atoms with Crippen molar-refractivity contribution in [2.75, 3.05) is 18.5 Å². The van der Waals surface area contributed by atoms with E-state index >= 15 is 0 Å². The maximum Gasteiger partial charge on any atom is 0.241 e. The fraction of sp³-hybridized carbons (Fsp3) is 0.611. The monoisotopic (exact) mass is 318 g/mol. The van der Waals surface area contributed by atoms with Crippen LogP contribution < -0.4 is 15.4 Å². The molecule has 1 aromatic carbocycles. The van der Waals surface area contributed by atoms with Crippen molar-refractivity contribution < 1.29 is 14.3 Å². The fourth-order valence-corrected chi connectivity index (χ4v) is 3.20. The molecule has 2 saturated heterocycles. The fourth-order valence-electron chi connectivity index (χ4n) is 3.20. The van der Waals surface area contributed by atoms with Gasteiger partial charge in [-0.25, -0.2) is 0 Å². The Bertz CT molecular complexity index is 529. The molecule has 2 aliphatic heterocycles. The van der Waals surface area contributed by atoms with Crippen LogP contribution in [0.3, 0.4) is 0 Å². The summed E-state index contributed by atoms with van der Waals surface area (Å²) >= 11 is 0. The third-order valence-corrected chi connectivity index (χ3v) is 4.49. The number of carbonyl (C=O) groups excluding carboxylic acids is 1. The highest BCUT2D eigenvalue weighted by molar-refractivity contribution is 5.95. The van der Waals surface area contributed by atoms with Crippen molar-refractivity contribution in [1.29, 1.82) is 0 Å². The first kappa shape index (κ1) is 16.3. The third kappa shape index (κ3) is 4.69. The van der Waals surface area contributed by atoms with Gasteiger partial charge in [0.05, 0.1) is 12.1 Å². The van der Waals surface area contributed by atoms with E-state index in [4.69, 9.17) is 9.47 Å². The average molecular weight is 318 g/mol. The van der Waals surface area contributed by atoms with Crippen molar-refractivity contribution in [3.8, 4) is 5.75 Å². The van der Waals surface area contributed by atoms with E-state index in [1.807, 2.05) is 24.3 Å². The largest absolute Gasteiger partial charge is 0.491 e. The second-order valence-corrected chi connectivity index (χ2v) is 6.51. The van der Waals surface area contributed by atoms with Crippen LogP contribution in [-0.2, 0) is 9.53 Å². The topological polar surface area (TPSA) is 59.6 Å². The highest BCUT2D eigenvalue weighted by Gasteiger charge is 2.24. The van der Waals surface area contributed by atoms with Crippen LogP contribution in [0.5, 0.6) is 5.75 Å². The molecule has 23 heavy (non-hydrogen) atoms. The summed E-state index contributed by atoms with van der Waals surface area (Å²) in [6.07, 6.45) is 5.48. The molecular weight excluding hydrogens is 292 g/mol. The van der Waals surface area contributed by atoms with Crippen molar-refractivity contribution in [2.24, 2.45) is 0 Å². The zero-order chi connectivity index (χ0) is 16.1. The molecule has 2 N–H and O–H groups in total. The minimum Gasteiger partial charge on any atom is -0.491 e. The first-order valence-electron chi connectivity index (χ1n) is 8.62. The van der Waals surface area contributed by atoms with Gasteiger partial charge in [-0.1, -0.05) is 6.07 Å². The van der Waals surface area contributed by atoms with Gasteiger partial charge in [-0.2, -0.15) is 0 Å². The second kappa shape index (κ2) is 7.79. The van der Waals surface area contributed by atoms with E-state index < -0.39 is 0 Å². The third-order valence-electron chi connectivity index (χ3n) is 4.49. The summed E-state index contributed by atoms with van der Waals surface area (Å²) in [6, 6.07) is 7.88. The predicted molar refractivity (Wildman–Crippen MR) is 89.8 cm³/mol. The molecule has 126 valence electrons. The first-order chi connectivity index (χ1) is 11.2. The van der Waals surface area contributed by atoms with Crippen LogP contribution in [0.1, 0.15) is 39.0 Å². The van der Waals surface area contributed by atoms with E-state index in [0.29, 0.717) is 12.6 Å². The van der Waals surface area contributed by atoms with Crippen LogP contribution in [0.2, 0.25) is 0 Å². The molecule has 5 nitrogen and oxygen atoms in total. The summed E-state index contributed by atoms with van der Waals surface area (Å²) in [7, 11) is 0. The Labute approximate surface area is 137 Å². The summed E-state index contributed by atoms with van der Waals surface area (Å²) in [5.74, 6) is 0.802. The number of rotatable bonds is 5. The Morgan fingerprint density at radius 3 is 3.04 bits per heavy atom. The molecule has 0 bridgehead atoms. The molecule has 1 amide bonds. The molecule has 2 heterocycles. The van der Waals surface area contributed by atoms with Gasteiger partial charge >= 0.3 is 0 Å². The molecule has 2 aliphatic rings. The lowest BCUT2D eigenvalue weighted by Gasteiger charge is -2.27. The Balaban J connectivity index is 1.53. The molecule has 2 fully saturated rings. The van der Waals surface area contributed by atoms with Gasteiger partial charge in [-0.3, -0.25) is 4.79 Å². The number of piperidine rings is 1. The quantitative estimate of drug-likeness (QED) is 0.876. The minimum atomic E-state index is -0.102. The molecule has 5 heteroatoms. The van der Waals surface area contributed by atoms with Crippen LogP contribution >= 0.6 is 0 Å². The Morgan fingerprint density at radius 1 is 1.35 bits per heavy atom. The number of anilines is 1. The number of amides is 1. The Kier molecular flexibility index (Phi) is 5.51. The highest BCUT2D eigenvalue weighted by atomic mass is 16.5. The summed E-state index contributed by atoms with van der Waals surface area (Å²) < 4.78 is 11.3. The normalized spacial score (nSPS) is 27.6. The van der Waals surface area contributed by atoms with E-state index in [9.17, 15) is 4.79 Å². The van der Waals surface area contributed by atoms with Gasteiger partial charge in [0.2, 0.25) is 5.91 Å². The zero-order valence-electron chi connectivity index (χ0n) is 13.7. The van der Waals surface area contributed by atoms with Gasteiger partial charge in [0.25, 0.3) is 0 Å². The lowest BCUT2D eigenvalue weighted by atomic mass is 9.99. The molecule has 3 unspecified atom stereocenters. The molecule has 3 rings (SSSR count). The number of carbonyl (C=O) groups is 1. The lowest BCUT2D eigenvalue weighted by molar-refractivity contribution is -0.118. The van der Waals surface area contributed by atoms with Gasteiger partial charge in [-0.15, -0.1) is 0 Å². The number of ether oxygens (including phenoxy) is 2. The van der Waals surface area contributed by atoms with Gasteiger partial charge in [-0.05, 0) is 51.2 Å². The van der Waals surface area contributed by atoms with Gasteiger partial charge < -0.3 is 20.1 Å². The van der Waals surface area contributed by atoms with Gasteiger partial charge in [0, 0.05) is 24.4 Å². The molecule has 0 radical (unpaired) electrons. The van der Waals surface area contributed by atoms with Crippen molar-refractivity contribution in [2.45, 2.75) is 57.2 Å². The van der Waals surface area contributed by atoms with E-state index in [1.165, 1.54) is 0 Å². The van der Waals surface area contributed by atoms with Crippen molar-refractivity contribution in [1.82, 2.24) is 5.32 Å². The number of nitrogens with one attached hydrogen (secondary N) is 2. The van der Waals surface area contributed by atoms with E-state index in [2.05, 4.69) is 17.6 Å². The molecule has 0 spiro atoms. The summed E-state index contributed by atoms with van der Waals surface area (Å²) in [6.45, 7) is 3.52. The smallest absolute Gasteiger partial charge is 0.241 e. The molecular formula is C18H26N2O3. The summed E-state index contributed by atoms with van der Waals surface area (Å²) in [5.41, 5.74) is 0.778. The molecule has 0 aliphatic carbocycles. The molecule has 0 aromatic heterocycles. The van der Waals surface area contributed by atoms with Crippen LogP contribution in [0, 0.1) is 0 Å². The summed E-state index contributed by atoms with van der Waals surface area (Å²) in [4.78, 5) is 12.4. The first-order valence-corrected chi connectivity index (χ1v) is 8.62. The van der Waals surface area contributed by atoms with E-state index in [-0.39, 0.29) is 18.1 Å². The number of hydrogen-bond donors (Lipinski definition) is 2. The van der Waals surface area contributed by atoms with Crippen molar-refractivity contribution >= 4 is 11.6 Å². The molecule has 0 saturated carbocycles. The average Bonchev–Trinajstić information content (AvgIpc) is 3.07. The highest BCUT2D eigenvalue weighted by Crippen LogP contribution is 2.21.